The van der Waals surface area contributed by atoms with Crippen LogP contribution in [0.4, 0.5) is 4.79 Å². The number of carbonyl (C=O) groups excluding carboxylic acids is 4. The van der Waals surface area contributed by atoms with E-state index in [-0.39, 0.29) is 22.7 Å². The van der Waals surface area contributed by atoms with Crippen LogP contribution in [0.3, 0.4) is 0 Å². The molecule has 1 N–H and O–H groups in total. The van der Waals surface area contributed by atoms with Gasteiger partial charge in [-0.2, -0.15) is 10.00 Å². The molecule has 1 aliphatic rings. The molecule has 0 radical (unpaired) electrons. The fraction of sp³-hybridized carbons (Fsp3) is 0.158. The summed E-state index contributed by atoms with van der Waals surface area (Å²) in [7, 11) is 1.16. The number of methoxy groups -OCH3 is 1. The first-order chi connectivity index (χ1) is 14.4. The molecular weight excluding hydrogens is 414 g/mol. The molecule has 30 heavy (non-hydrogen) atoms. The van der Waals surface area contributed by atoms with Gasteiger partial charge in [-0.1, -0.05) is 23.7 Å². The van der Waals surface area contributed by atoms with Crippen LogP contribution in [0.5, 0.6) is 0 Å². The highest BCUT2D eigenvalue weighted by Crippen LogP contribution is 2.22. The minimum atomic E-state index is -1.19. The van der Waals surface area contributed by atoms with Gasteiger partial charge in [-0.05, 0) is 24.3 Å². The van der Waals surface area contributed by atoms with Gasteiger partial charge in [0.15, 0.2) is 5.65 Å². The summed E-state index contributed by atoms with van der Waals surface area (Å²) < 4.78 is 6.17. The Kier molecular flexibility index (Phi) is 4.92. The van der Waals surface area contributed by atoms with E-state index in [0.29, 0.717) is 16.2 Å². The van der Waals surface area contributed by atoms with E-state index in [1.165, 1.54) is 16.6 Å². The van der Waals surface area contributed by atoms with Gasteiger partial charge >= 0.3 is 12.0 Å². The summed E-state index contributed by atoms with van der Waals surface area (Å²) in [6.45, 7) is 0. The number of fused-ring (bicyclic) bond motifs is 2. The molecule has 2 aromatic heterocycles. The molecule has 0 saturated carbocycles. The maximum Gasteiger partial charge on any atom is 0.332 e. The van der Waals surface area contributed by atoms with Gasteiger partial charge in [0.1, 0.15) is 11.2 Å². The summed E-state index contributed by atoms with van der Waals surface area (Å²) in [5.41, 5.74) is 1.15. The second-order valence-electron chi connectivity index (χ2n) is 6.41. The first-order valence-electron chi connectivity index (χ1n) is 8.76. The lowest BCUT2D eigenvalue weighted by Gasteiger charge is -2.19. The summed E-state index contributed by atoms with van der Waals surface area (Å²) in [5.74, 6) is -2.28. The quantitative estimate of drug-likeness (QED) is 0.494. The summed E-state index contributed by atoms with van der Waals surface area (Å²) in [4.78, 5) is 54.6. The Balaban J connectivity index is 1.56. The van der Waals surface area contributed by atoms with Crippen molar-refractivity contribution in [2.75, 3.05) is 7.11 Å². The number of hydrogen-bond acceptors (Lipinski definition) is 7. The summed E-state index contributed by atoms with van der Waals surface area (Å²) >= 11 is 5.85. The molecular formula is C19H14ClN5O5. The molecule has 4 amide bonds. The lowest BCUT2D eigenvalue weighted by molar-refractivity contribution is -0.142. The SMILES string of the molecule is COC(=O)[C@H](Cc1cn2nc(Cl)ccc2n1)NC(=O)N1C(=O)c2ccccc2C1=O. The van der Waals surface area contributed by atoms with Crippen molar-refractivity contribution >= 4 is 41.1 Å². The maximum absolute atomic E-state index is 12.7. The molecule has 0 unspecified atom stereocenters. The zero-order chi connectivity index (χ0) is 21.4. The highest BCUT2D eigenvalue weighted by Gasteiger charge is 2.41. The molecule has 0 fully saturated rings. The van der Waals surface area contributed by atoms with E-state index in [2.05, 4.69) is 15.4 Å². The average molecular weight is 428 g/mol. The molecule has 0 bridgehead atoms. The summed E-state index contributed by atoms with van der Waals surface area (Å²) in [5, 5.41) is 6.70. The molecule has 11 heteroatoms. The number of imidazole rings is 1. The highest BCUT2D eigenvalue weighted by molar-refractivity contribution is 6.29. The van der Waals surface area contributed by atoms with Crippen LogP contribution in [-0.2, 0) is 16.0 Å². The zero-order valence-corrected chi connectivity index (χ0v) is 16.3. The number of amides is 4. The lowest BCUT2D eigenvalue weighted by Crippen LogP contribution is -2.51. The Labute approximate surface area is 174 Å². The van der Waals surface area contributed by atoms with Crippen molar-refractivity contribution in [3.8, 4) is 0 Å². The first kappa shape index (κ1) is 19.5. The maximum atomic E-state index is 12.7. The molecule has 0 spiro atoms. The van der Waals surface area contributed by atoms with Crippen molar-refractivity contribution in [3.05, 3.63) is 64.6 Å². The Hall–Kier alpha value is -3.79. The average Bonchev–Trinajstić information content (AvgIpc) is 3.24. The Bertz CT molecular complexity index is 1170. The van der Waals surface area contributed by atoms with Crippen molar-refractivity contribution in [2.24, 2.45) is 0 Å². The van der Waals surface area contributed by atoms with Crippen LogP contribution in [0.2, 0.25) is 5.15 Å². The van der Waals surface area contributed by atoms with E-state index < -0.39 is 29.9 Å². The van der Waals surface area contributed by atoms with Gasteiger partial charge in [-0.25, -0.2) is 19.1 Å². The number of esters is 1. The van der Waals surface area contributed by atoms with Crippen LogP contribution in [-0.4, -0.2) is 56.5 Å². The number of urea groups is 1. The second kappa shape index (κ2) is 7.56. The topological polar surface area (TPSA) is 123 Å². The van der Waals surface area contributed by atoms with Gasteiger partial charge in [-0.15, -0.1) is 0 Å². The second-order valence-corrected chi connectivity index (χ2v) is 6.80. The number of nitrogens with one attached hydrogen (secondary N) is 1. The number of ether oxygens (including phenoxy) is 1. The number of aromatic nitrogens is 3. The van der Waals surface area contributed by atoms with E-state index in [0.717, 1.165) is 7.11 Å². The minimum absolute atomic E-state index is 0.0530. The fourth-order valence-corrected chi connectivity index (χ4v) is 3.28. The highest BCUT2D eigenvalue weighted by atomic mass is 35.5. The van der Waals surface area contributed by atoms with Crippen LogP contribution in [0.15, 0.2) is 42.6 Å². The number of nitrogens with zero attached hydrogens (tertiary/aromatic N) is 4. The first-order valence-corrected chi connectivity index (χ1v) is 9.14. The van der Waals surface area contributed by atoms with Gasteiger partial charge in [0, 0.05) is 6.42 Å². The van der Waals surface area contributed by atoms with Gasteiger partial charge in [0.25, 0.3) is 11.8 Å². The molecule has 1 atom stereocenters. The van der Waals surface area contributed by atoms with Gasteiger partial charge in [0.2, 0.25) is 0 Å². The number of halogens is 1. The van der Waals surface area contributed by atoms with Crippen molar-refractivity contribution in [2.45, 2.75) is 12.5 Å². The van der Waals surface area contributed by atoms with Crippen LogP contribution >= 0.6 is 11.6 Å². The van der Waals surface area contributed by atoms with Crippen LogP contribution in [0, 0.1) is 0 Å². The monoisotopic (exact) mass is 427 g/mol. The van der Waals surface area contributed by atoms with Crippen molar-refractivity contribution < 1.29 is 23.9 Å². The number of rotatable bonds is 4. The molecule has 4 rings (SSSR count). The van der Waals surface area contributed by atoms with Crippen molar-refractivity contribution in [3.63, 3.8) is 0 Å². The summed E-state index contributed by atoms with van der Waals surface area (Å²) in [6, 6.07) is 7.08. The molecule has 10 nitrogen and oxygen atoms in total. The predicted molar refractivity (Wildman–Crippen MR) is 103 cm³/mol. The van der Waals surface area contributed by atoms with Gasteiger partial charge < -0.3 is 10.1 Å². The standard InChI is InChI=1S/C19H14ClN5O5/c1-30-18(28)13(8-10-9-24-15(21-10)7-6-14(20)23-24)22-19(29)25-16(26)11-4-2-3-5-12(11)17(25)27/h2-7,9,13H,8H2,1H3,(H,22,29)/t13-/m0/s1. The smallest absolute Gasteiger partial charge is 0.332 e. The fourth-order valence-electron chi connectivity index (χ4n) is 3.14. The van der Waals surface area contributed by atoms with E-state index >= 15 is 0 Å². The minimum Gasteiger partial charge on any atom is -0.467 e. The normalized spacial score (nSPS) is 14.0. The number of carbonyl (C=O) groups is 4. The molecule has 1 aliphatic heterocycles. The molecule has 152 valence electrons. The Morgan fingerprint density at radius 3 is 2.43 bits per heavy atom. The van der Waals surface area contributed by atoms with Crippen LogP contribution < -0.4 is 5.32 Å². The van der Waals surface area contributed by atoms with E-state index in [9.17, 15) is 19.2 Å². The van der Waals surface area contributed by atoms with Crippen LogP contribution in [0.1, 0.15) is 26.4 Å². The number of imide groups is 3. The third-order valence-corrected chi connectivity index (χ3v) is 4.73. The van der Waals surface area contributed by atoms with E-state index in [4.69, 9.17) is 16.3 Å². The Morgan fingerprint density at radius 1 is 1.13 bits per heavy atom. The third-order valence-electron chi connectivity index (χ3n) is 4.53. The van der Waals surface area contributed by atoms with Crippen molar-refractivity contribution in [1.29, 1.82) is 0 Å². The van der Waals surface area contributed by atoms with Gasteiger partial charge in [-0.3, -0.25) is 9.59 Å². The summed E-state index contributed by atoms with van der Waals surface area (Å²) in [6.07, 6.45) is 1.49. The van der Waals surface area contributed by atoms with Gasteiger partial charge in [0.05, 0.1) is 30.1 Å². The number of benzene rings is 1. The number of hydrogen-bond donors (Lipinski definition) is 1. The third kappa shape index (κ3) is 3.37. The molecule has 1 aromatic carbocycles. The lowest BCUT2D eigenvalue weighted by atomic mass is 10.1. The molecule has 3 aromatic rings. The molecule has 0 aliphatic carbocycles. The zero-order valence-electron chi connectivity index (χ0n) is 15.5. The largest absolute Gasteiger partial charge is 0.467 e. The molecule has 3 heterocycles. The molecule has 0 saturated heterocycles. The predicted octanol–water partition coefficient (Wildman–Crippen LogP) is 1.47. The van der Waals surface area contributed by atoms with E-state index in [1.807, 2.05) is 0 Å². The van der Waals surface area contributed by atoms with Crippen LogP contribution in [0.25, 0.3) is 5.65 Å². The van der Waals surface area contributed by atoms with Crippen molar-refractivity contribution in [1.82, 2.24) is 24.8 Å². The Morgan fingerprint density at radius 2 is 1.80 bits per heavy atom. The van der Waals surface area contributed by atoms with E-state index in [1.54, 1.807) is 30.5 Å².